The number of nitrogens with one attached hydrogen (secondary N) is 1. The summed E-state index contributed by atoms with van der Waals surface area (Å²) >= 11 is 0. The molecule has 0 aliphatic heterocycles. The number of nitrogens with two attached hydrogens (primary N) is 2. The van der Waals surface area contributed by atoms with Crippen LogP contribution < -0.4 is 16.8 Å². The van der Waals surface area contributed by atoms with E-state index in [4.69, 9.17) is 11.5 Å². The number of fused-ring (bicyclic) bond motifs is 1. The SMILES string of the molecule is NC(=O)[C@H](Cc1ccc2ccccc2c1)NC(=O)c1cccc(N)c1. The summed E-state index contributed by atoms with van der Waals surface area (Å²) in [5.41, 5.74) is 13.0. The van der Waals surface area contributed by atoms with Crippen molar-refractivity contribution in [1.29, 1.82) is 0 Å². The van der Waals surface area contributed by atoms with Crippen molar-refractivity contribution in [3.8, 4) is 0 Å². The van der Waals surface area contributed by atoms with Crippen LogP contribution in [0, 0.1) is 0 Å². The molecule has 3 aromatic rings. The van der Waals surface area contributed by atoms with Gasteiger partial charge in [-0.25, -0.2) is 0 Å². The van der Waals surface area contributed by atoms with Crippen molar-refractivity contribution in [2.75, 3.05) is 5.73 Å². The zero-order valence-electron chi connectivity index (χ0n) is 13.6. The number of benzene rings is 3. The fraction of sp³-hybridized carbons (Fsp3) is 0.100. The predicted octanol–water partition coefficient (Wildman–Crippen LogP) is 2.25. The Kier molecular flexibility index (Phi) is 4.66. The highest BCUT2D eigenvalue weighted by atomic mass is 16.2. The van der Waals surface area contributed by atoms with E-state index in [0.29, 0.717) is 17.7 Å². The van der Waals surface area contributed by atoms with Crippen LogP contribution in [0.4, 0.5) is 5.69 Å². The van der Waals surface area contributed by atoms with Gasteiger partial charge in [-0.05, 0) is 34.5 Å². The molecule has 0 unspecified atom stereocenters. The molecule has 0 aromatic heterocycles. The molecule has 0 heterocycles. The Morgan fingerprint density at radius 2 is 1.68 bits per heavy atom. The molecule has 0 aliphatic rings. The number of hydrogen-bond acceptors (Lipinski definition) is 3. The fourth-order valence-corrected chi connectivity index (χ4v) is 2.75. The molecule has 5 N–H and O–H groups in total. The summed E-state index contributed by atoms with van der Waals surface area (Å²) in [6, 6.07) is 19.7. The topological polar surface area (TPSA) is 98.2 Å². The minimum atomic E-state index is -0.796. The first-order valence-corrected chi connectivity index (χ1v) is 7.96. The largest absolute Gasteiger partial charge is 0.399 e. The summed E-state index contributed by atoms with van der Waals surface area (Å²) < 4.78 is 0. The number of amides is 2. The molecule has 3 rings (SSSR count). The summed E-state index contributed by atoms with van der Waals surface area (Å²) in [6.07, 6.45) is 0.328. The third-order valence-electron chi connectivity index (χ3n) is 4.05. The van der Waals surface area contributed by atoms with Gasteiger partial charge in [0.1, 0.15) is 6.04 Å². The highest BCUT2D eigenvalue weighted by Crippen LogP contribution is 2.17. The Bertz CT molecular complexity index is 937. The first-order chi connectivity index (χ1) is 12.0. The van der Waals surface area contributed by atoms with E-state index in [1.807, 2.05) is 42.5 Å². The minimum absolute atomic E-state index is 0.328. The third kappa shape index (κ3) is 3.95. The maximum absolute atomic E-state index is 12.3. The standard InChI is InChI=1S/C20H19N3O2/c21-17-7-3-6-16(12-17)20(25)23-18(19(22)24)11-13-8-9-14-4-1-2-5-15(14)10-13/h1-10,12,18H,11,21H2,(H2,22,24)(H,23,25)/t18-/m0/s1. The van der Waals surface area contributed by atoms with Gasteiger partial charge < -0.3 is 16.8 Å². The normalized spacial score (nSPS) is 11.8. The van der Waals surface area contributed by atoms with Crippen LogP contribution in [0.5, 0.6) is 0 Å². The minimum Gasteiger partial charge on any atom is -0.399 e. The number of nitrogen functional groups attached to an aromatic ring is 1. The lowest BCUT2D eigenvalue weighted by atomic mass is 10.0. The van der Waals surface area contributed by atoms with Crippen LogP contribution in [0.25, 0.3) is 10.8 Å². The molecule has 5 nitrogen and oxygen atoms in total. The number of primary amides is 1. The molecule has 5 heteroatoms. The molecule has 0 bridgehead atoms. The Morgan fingerprint density at radius 3 is 2.40 bits per heavy atom. The van der Waals surface area contributed by atoms with E-state index in [1.54, 1.807) is 24.3 Å². The number of carbonyl (C=O) groups excluding carboxylic acids is 2. The van der Waals surface area contributed by atoms with E-state index in [1.165, 1.54) is 0 Å². The van der Waals surface area contributed by atoms with E-state index >= 15 is 0 Å². The third-order valence-corrected chi connectivity index (χ3v) is 4.05. The van der Waals surface area contributed by atoms with Crippen LogP contribution >= 0.6 is 0 Å². The zero-order valence-corrected chi connectivity index (χ0v) is 13.6. The van der Waals surface area contributed by atoms with E-state index in [9.17, 15) is 9.59 Å². The molecule has 1 atom stereocenters. The predicted molar refractivity (Wildman–Crippen MR) is 99.0 cm³/mol. The quantitative estimate of drug-likeness (QED) is 0.625. The van der Waals surface area contributed by atoms with Gasteiger partial charge in [-0.15, -0.1) is 0 Å². The van der Waals surface area contributed by atoms with Crippen LogP contribution in [0.15, 0.2) is 66.7 Å². The van der Waals surface area contributed by atoms with Crippen molar-refractivity contribution in [3.63, 3.8) is 0 Å². The van der Waals surface area contributed by atoms with Gasteiger partial charge >= 0.3 is 0 Å². The Balaban J connectivity index is 1.78. The van der Waals surface area contributed by atoms with Crippen LogP contribution in [-0.2, 0) is 11.2 Å². The maximum atomic E-state index is 12.3. The van der Waals surface area contributed by atoms with Crippen molar-refractivity contribution in [2.45, 2.75) is 12.5 Å². The van der Waals surface area contributed by atoms with Gasteiger partial charge in [-0.1, -0.05) is 48.5 Å². The Labute approximate surface area is 145 Å². The lowest BCUT2D eigenvalue weighted by molar-refractivity contribution is -0.119. The van der Waals surface area contributed by atoms with Gasteiger partial charge in [0.15, 0.2) is 0 Å². The lowest BCUT2D eigenvalue weighted by Gasteiger charge is -2.16. The number of rotatable bonds is 5. The maximum Gasteiger partial charge on any atom is 0.252 e. The molecule has 25 heavy (non-hydrogen) atoms. The van der Waals surface area contributed by atoms with Crippen molar-refractivity contribution in [3.05, 3.63) is 77.9 Å². The molecular weight excluding hydrogens is 314 g/mol. The molecule has 0 fully saturated rings. The van der Waals surface area contributed by atoms with Gasteiger partial charge in [-0.3, -0.25) is 9.59 Å². The lowest BCUT2D eigenvalue weighted by Crippen LogP contribution is -2.45. The van der Waals surface area contributed by atoms with Gasteiger partial charge in [0.25, 0.3) is 5.91 Å². The Morgan fingerprint density at radius 1 is 0.920 bits per heavy atom. The second kappa shape index (κ2) is 7.05. The number of carbonyl (C=O) groups is 2. The van der Waals surface area contributed by atoms with Crippen molar-refractivity contribution < 1.29 is 9.59 Å². The molecule has 0 spiro atoms. The number of anilines is 1. The van der Waals surface area contributed by atoms with Crippen LogP contribution in [0.2, 0.25) is 0 Å². The summed E-state index contributed by atoms with van der Waals surface area (Å²) in [5.74, 6) is -0.956. The Hall–Kier alpha value is -3.34. The van der Waals surface area contributed by atoms with E-state index < -0.39 is 11.9 Å². The summed E-state index contributed by atoms with van der Waals surface area (Å²) in [5, 5.41) is 4.88. The second-order valence-electron chi connectivity index (χ2n) is 5.94. The smallest absolute Gasteiger partial charge is 0.252 e. The first-order valence-electron chi connectivity index (χ1n) is 7.96. The summed E-state index contributed by atoms with van der Waals surface area (Å²) in [7, 11) is 0. The molecule has 126 valence electrons. The van der Waals surface area contributed by atoms with Gasteiger partial charge in [0, 0.05) is 17.7 Å². The van der Waals surface area contributed by atoms with E-state index in [0.717, 1.165) is 16.3 Å². The van der Waals surface area contributed by atoms with Gasteiger partial charge in [-0.2, -0.15) is 0 Å². The number of hydrogen-bond donors (Lipinski definition) is 3. The first kappa shape index (κ1) is 16.5. The second-order valence-corrected chi connectivity index (χ2v) is 5.94. The molecule has 2 amide bonds. The van der Waals surface area contributed by atoms with Crippen molar-refractivity contribution in [2.24, 2.45) is 5.73 Å². The highest BCUT2D eigenvalue weighted by molar-refractivity contribution is 5.98. The van der Waals surface area contributed by atoms with E-state index in [-0.39, 0.29) is 5.91 Å². The molecule has 0 aliphatic carbocycles. The average molecular weight is 333 g/mol. The molecule has 3 aromatic carbocycles. The van der Waals surface area contributed by atoms with Gasteiger partial charge in [0.05, 0.1) is 0 Å². The monoisotopic (exact) mass is 333 g/mol. The zero-order chi connectivity index (χ0) is 17.8. The summed E-state index contributed by atoms with van der Waals surface area (Å²) in [6.45, 7) is 0. The van der Waals surface area contributed by atoms with Crippen molar-refractivity contribution >= 4 is 28.3 Å². The molecule has 0 saturated heterocycles. The van der Waals surface area contributed by atoms with Crippen LogP contribution in [-0.4, -0.2) is 17.9 Å². The molecular formula is C20H19N3O2. The summed E-state index contributed by atoms with van der Waals surface area (Å²) in [4.78, 5) is 24.1. The van der Waals surface area contributed by atoms with Crippen molar-refractivity contribution in [1.82, 2.24) is 5.32 Å². The molecule has 0 saturated carbocycles. The molecule has 0 radical (unpaired) electrons. The van der Waals surface area contributed by atoms with Crippen LogP contribution in [0.3, 0.4) is 0 Å². The highest BCUT2D eigenvalue weighted by Gasteiger charge is 2.19. The fourth-order valence-electron chi connectivity index (χ4n) is 2.75. The van der Waals surface area contributed by atoms with E-state index in [2.05, 4.69) is 5.32 Å². The van der Waals surface area contributed by atoms with Gasteiger partial charge in [0.2, 0.25) is 5.91 Å². The van der Waals surface area contributed by atoms with Crippen LogP contribution in [0.1, 0.15) is 15.9 Å². The average Bonchev–Trinajstić information content (AvgIpc) is 2.61.